The van der Waals surface area contributed by atoms with Gasteiger partial charge in [-0.2, -0.15) is 0 Å². The summed E-state index contributed by atoms with van der Waals surface area (Å²) >= 11 is 0. The van der Waals surface area contributed by atoms with Crippen molar-refractivity contribution in [3.8, 4) is 0 Å². The first-order chi connectivity index (χ1) is 7.87. The van der Waals surface area contributed by atoms with Crippen LogP contribution in [0.5, 0.6) is 0 Å². The highest BCUT2D eigenvalue weighted by Crippen LogP contribution is 2.63. The van der Waals surface area contributed by atoms with Crippen molar-refractivity contribution in [3.63, 3.8) is 0 Å². The molecule has 0 heteroatoms. The van der Waals surface area contributed by atoms with Gasteiger partial charge in [-0.25, -0.2) is 0 Å². The molecule has 4 saturated carbocycles. The number of rotatable bonds is 1. The number of hydrogen-bond acceptors (Lipinski definition) is 0. The molecule has 4 rings (SSSR count). The second-order valence-electron chi connectivity index (χ2n) is 7.41. The maximum atomic E-state index is 1.64. The van der Waals surface area contributed by atoms with Gasteiger partial charge in [0.2, 0.25) is 0 Å². The van der Waals surface area contributed by atoms with E-state index in [1.54, 1.807) is 70.6 Å². The van der Waals surface area contributed by atoms with Crippen LogP contribution in [-0.4, -0.2) is 0 Å². The zero-order valence-electron chi connectivity index (χ0n) is 10.6. The lowest BCUT2D eigenvalue weighted by molar-refractivity contribution is -0.0394. The minimum Gasteiger partial charge on any atom is -0.0530 e. The molecule has 0 saturated heterocycles. The van der Waals surface area contributed by atoms with Crippen LogP contribution in [0.1, 0.15) is 70.6 Å². The molecule has 1 spiro atoms. The van der Waals surface area contributed by atoms with Gasteiger partial charge in [-0.1, -0.05) is 25.7 Å². The van der Waals surface area contributed by atoms with Gasteiger partial charge in [-0.15, -0.1) is 0 Å². The van der Waals surface area contributed by atoms with Crippen LogP contribution in [0.4, 0.5) is 0 Å². The first-order valence-corrected chi connectivity index (χ1v) is 7.87. The molecule has 90 valence electrons. The topological polar surface area (TPSA) is 0 Å². The molecule has 16 heavy (non-hydrogen) atoms. The standard InChI is InChI=1S/C16H26/c1-2-7-16(8-3-9-16)15(4-1)14-11-12-5-6-13(14)10-12/h12-15H,1-11H2. The second kappa shape index (κ2) is 3.50. The molecular weight excluding hydrogens is 192 g/mol. The zero-order chi connectivity index (χ0) is 10.6. The molecule has 0 radical (unpaired) electrons. The maximum Gasteiger partial charge on any atom is -0.0266 e. The van der Waals surface area contributed by atoms with E-state index in [1.807, 2.05) is 0 Å². The van der Waals surface area contributed by atoms with Crippen molar-refractivity contribution in [2.45, 2.75) is 70.6 Å². The fourth-order valence-electron chi connectivity index (χ4n) is 6.04. The van der Waals surface area contributed by atoms with Crippen molar-refractivity contribution in [2.24, 2.45) is 29.1 Å². The summed E-state index contributed by atoms with van der Waals surface area (Å²) in [6, 6.07) is 0. The molecule has 0 aromatic carbocycles. The average molecular weight is 218 g/mol. The van der Waals surface area contributed by atoms with Crippen molar-refractivity contribution < 1.29 is 0 Å². The molecule has 4 unspecified atom stereocenters. The third-order valence-corrected chi connectivity index (χ3v) is 6.89. The first kappa shape index (κ1) is 9.97. The largest absolute Gasteiger partial charge is 0.0530 e. The molecule has 0 aliphatic heterocycles. The summed E-state index contributed by atoms with van der Waals surface area (Å²) in [7, 11) is 0. The Bertz CT molecular complexity index is 276. The summed E-state index contributed by atoms with van der Waals surface area (Å²) in [5, 5.41) is 0. The van der Waals surface area contributed by atoms with Gasteiger partial charge in [-0.3, -0.25) is 0 Å². The van der Waals surface area contributed by atoms with Crippen LogP contribution in [0.15, 0.2) is 0 Å². The van der Waals surface area contributed by atoms with Crippen LogP contribution in [-0.2, 0) is 0 Å². The quantitative estimate of drug-likeness (QED) is 0.594. The summed E-state index contributed by atoms with van der Waals surface area (Å²) in [5.41, 5.74) is 0.882. The van der Waals surface area contributed by atoms with E-state index < -0.39 is 0 Å². The van der Waals surface area contributed by atoms with Crippen LogP contribution < -0.4 is 0 Å². The summed E-state index contributed by atoms with van der Waals surface area (Å²) in [4.78, 5) is 0. The normalized spacial score (nSPS) is 49.5. The Hall–Kier alpha value is 0. The Morgan fingerprint density at radius 2 is 1.62 bits per heavy atom. The minimum atomic E-state index is 0.882. The maximum absolute atomic E-state index is 1.64. The fraction of sp³-hybridized carbons (Fsp3) is 1.00. The van der Waals surface area contributed by atoms with E-state index in [0.29, 0.717) is 0 Å². The minimum absolute atomic E-state index is 0.882. The molecule has 0 amide bonds. The second-order valence-corrected chi connectivity index (χ2v) is 7.41. The van der Waals surface area contributed by atoms with E-state index in [1.165, 1.54) is 17.8 Å². The van der Waals surface area contributed by atoms with Gasteiger partial charge in [0.05, 0.1) is 0 Å². The Morgan fingerprint density at radius 3 is 2.25 bits per heavy atom. The summed E-state index contributed by atoms with van der Waals surface area (Å²) in [6.07, 6.45) is 17.5. The molecule has 4 aliphatic rings. The van der Waals surface area contributed by atoms with Gasteiger partial charge in [0.15, 0.2) is 0 Å². The van der Waals surface area contributed by atoms with Crippen LogP contribution in [0.25, 0.3) is 0 Å². The highest BCUT2D eigenvalue weighted by molar-refractivity contribution is 5.03. The molecule has 4 atom stereocenters. The summed E-state index contributed by atoms with van der Waals surface area (Å²) in [5.74, 6) is 4.68. The van der Waals surface area contributed by atoms with Crippen molar-refractivity contribution in [1.82, 2.24) is 0 Å². The monoisotopic (exact) mass is 218 g/mol. The Labute approximate surface area is 100 Å². The molecular formula is C16H26. The molecule has 4 aliphatic carbocycles. The smallest absolute Gasteiger partial charge is 0.0266 e. The molecule has 2 bridgehead atoms. The van der Waals surface area contributed by atoms with Gasteiger partial charge < -0.3 is 0 Å². The highest BCUT2D eigenvalue weighted by Gasteiger charge is 2.52. The molecule has 4 fully saturated rings. The van der Waals surface area contributed by atoms with E-state index in [9.17, 15) is 0 Å². The van der Waals surface area contributed by atoms with Gasteiger partial charge in [-0.05, 0) is 74.0 Å². The SMILES string of the molecule is C1CCC2(CCC2)C(C2CC3CCC2C3)C1. The molecule has 0 heterocycles. The van der Waals surface area contributed by atoms with Gasteiger partial charge >= 0.3 is 0 Å². The third-order valence-electron chi connectivity index (χ3n) is 6.89. The molecule has 0 nitrogen and oxygen atoms in total. The number of fused-ring (bicyclic) bond motifs is 2. The van der Waals surface area contributed by atoms with E-state index >= 15 is 0 Å². The predicted octanol–water partition coefficient (Wildman–Crippen LogP) is 4.78. The Balaban J connectivity index is 1.56. The fourth-order valence-corrected chi connectivity index (χ4v) is 6.04. The zero-order valence-corrected chi connectivity index (χ0v) is 10.6. The van der Waals surface area contributed by atoms with Crippen LogP contribution in [0.2, 0.25) is 0 Å². The van der Waals surface area contributed by atoms with Crippen molar-refractivity contribution in [2.75, 3.05) is 0 Å². The van der Waals surface area contributed by atoms with E-state index in [0.717, 1.165) is 11.3 Å². The average Bonchev–Trinajstić information content (AvgIpc) is 2.88. The first-order valence-electron chi connectivity index (χ1n) is 7.87. The van der Waals surface area contributed by atoms with Gasteiger partial charge in [0.25, 0.3) is 0 Å². The van der Waals surface area contributed by atoms with Gasteiger partial charge in [0.1, 0.15) is 0 Å². The van der Waals surface area contributed by atoms with Gasteiger partial charge in [0, 0.05) is 0 Å². The summed E-state index contributed by atoms with van der Waals surface area (Å²) in [6.45, 7) is 0. The Kier molecular flexibility index (Phi) is 2.18. The van der Waals surface area contributed by atoms with E-state index in [-0.39, 0.29) is 0 Å². The van der Waals surface area contributed by atoms with Crippen LogP contribution in [0, 0.1) is 29.1 Å². The predicted molar refractivity (Wildman–Crippen MR) is 67.2 cm³/mol. The molecule has 0 N–H and O–H groups in total. The van der Waals surface area contributed by atoms with Crippen LogP contribution in [0.3, 0.4) is 0 Å². The Morgan fingerprint density at radius 1 is 0.750 bits per heavy atom. The lowest BCUT2D eigenvalue weighted by atomic mass is 9.51. The lowest BCUT2D eigenvalue weighted by Crippen LogP contribution is -2.44. The van der Waals surface area contributed by atoms with Crippen molar-refractivity contribution in [1.29, 1.82) is 0 Å². The van der Waals surface area contributed by atoms with E-state index in [2.05, 4.69) is 0 Å². The molecule has 0 aromatic rings. The third kappa shape index (κ3) is 1.28. The van der Waals surface area contributed by atoms with E-state index in [4.69, 9.17) is 0 Å². The van der Waals surface area contributed by atoms with Crippen LogP contribution >= 0.6 is 0 Å². The number of hydrogen-bond donors (Lipinski definition) is 0. The highest BCUT2D eigenvalue weighted by atomic mass is 14.6. The summed E-state index contributed by atoms with van der Waals surface area (Å²) < 4.78 is 0. The molecule has 0 aromatic heterocycles. The lowest BCUT2D eigenvalue weighted by Gasteiger charge is -2.54. The van der Waals surface area contributed by atoms with Crippen molar-refractivity contribution in [3.05, 3.63) is 0 Å². The van der Waals surface area contributed by atoms with Crippen molar-refractivity contribution >= 4 is 0 Å².